The molecule has 0 radical (unpaired) electrons. The molecule has 0 saturated carbocycles. The predicted octanol–water partition coefficient (Wildman–Crippen LogP) is 1.83. The molecule has 0 unspecified atom stereocenters. The smallest absolute Gasteiger partial charge is 0.331 e. The van der Waals surface area contributed by atoms with Gasteiger partial charge < -0.3 is 15.0 Å². The molecule has 1 aromatic heterocycles. The molecular weight excluding hydrogens is 379 g/mol. The molecule has 8 nitrogen and oxygen atoms in total. The monoisotopic (exact) mass is 402 g/mol. The predicted molar refractivity (Wildman–Crippen MR) is 105 cm³/mol. The summed E-state index contributed by atoms with van der Waals surface area (Å²) in [6.07, 6.45) is 2.82. The lowest BCUT2D eigenvalue weighted by molar-refractivity contribution is -0.148. The number of aryl methyl sites for hydroxylation is 2. The van der Waals surface area contributed by atoms with Crippen molar-refractivity contribution in [3.05, 3.63) is 53.1 Å². The Bertz CT molecular complexity index is 935. The van der Waals surface area contributed by atoms with Crippen molar-refractivity contribution in [3.8, 4) is 0 Å². The second-order valence-electron chi connectivity index (χ2n) is 6.45. The van der Waals surface area contributed by atoms with Gasteiger partial charge in [-0.3, -0.25) is 14.3 Å². The zero-order chi connectivity index (χ0) is 21.6. The molecule has 0 bridgehead atoms. The van der Waals surface area contributed by atoms with Crippen molar-refractivity contribution in [2.24, 2.45) is 7.05 Å². The van der Waals surface area contributed by atoms with Crippen molar-refractivity contribution in [1.82, 2.24) is 14.7 Å². The number of aromatic nitrogens is 2. The molecule has 0 aliphatic carbocycles. The highest BCUT2D eigenvalue weighted by molar-refractivity contribution is 5.95. The average Bonchev–Trinajstić information content (AvgIpc) is 2.91. The molecule has 0 saturated heterocycles. The maximum absolute atomic E-state index is 12.9. The summed E-state index contributed by atoms with van der Waals surface area (Å²) in [6.45, 7) is 2.97. The van der Waals surface area contributed by atoms with Crippen LogP contribution in [0.25, 0.3) is 6.08 Å². The molecule has 29 heavy (non-hydrogen) atoms. The number of carbonyl (C=O) groups is 3. The lowest BCUT2D eigenvalue weighted by atomic mass is 10.2. The van der Waals surface area contributed by atoms with Gasteiger partial charge in [0.25, 0.3) is 5.91 Å². The van der Waals surface area contributed by atoms with E-state index in [1.165, 1.54) is 37.4 Å². The van der Waals surface area contributed by atoms with Crippen molar-refractivity contribution in [2.45, 2.75) is 13.8 Å². The van der Waals surface area contributed by atoms with Crippen molar-refractivity contribution >= 4 is 29.5 Å². The standard InChI is InChI=1S/C20H23FN4O4/c1-13-17(14(2)25(4)23-13)9-10-20(28)29-12-19(27)24(3)11-18(26)22-16-7-5-15(21)6-8-16/h5-10H,11-12H2,1-4H3,(H,22,26)/b10-9+. The highest BCUT2D eigenvalue weighted by Crippen LogP contribution is 2.13. The van der Waals surface area contributed by atoms with Gasteiger partial charge in [0.1, 0.15) is 5.82 Å². The van der Waals surface area contributed by atoms with E-state index in [2.05, 4.69) is 10.4 Å². The van der Waals surface area contributed by atoms with E-state index < -0.39 is 30.2 Å². The van der Waals surface area contributed by atoms with Crippen LogP contribution in [0.2, 0.25) is 0 Å². The summed E-state index contributed by atoms with van der Waals surface area (Å²) in [6, 6.07) is 5.25. The minimum atomic E-state index is -0.676. The van der Waals surface area contributed by atoms with Crippen LogP contribution in [0.3, 0.4) is 0 Å². The van der Waals surface area contributed by atoms with Crippen LogP contribution >= 0.6 is 0 Å². The normalized spacial score (nSPS) is 10.8. The summed E-state index contributed by atoms with van der Waals surface area (Å²) in [4.78, 5) is 37.0. The zero-order valence-electron chi connectivity index (χ0n) is 16.7. The van der Waals surface area contributed by atoms with E-state index >= 15 is 0 Å². The fourth-order valence-corrected chi connectivity index (χ4v) is 2.51. The van der Waals surface area contributed by atoms with Crippen molar-refractivity contribution in [1.29, 1.82) is 0 Å². The molecule has 2 amide bonds. The summed E-state index contributed by atoms with van der Waals surface area (Å²) in [7, 11) is 3.22. The number of nitrogens with one attached hydrogen (secondary N) is 1. The number of ether oxygens (including phenoxy) is 1. The molecule has 0 atom stereocenters. The Morgan fingerprint density at radius 2 is 1.90 bits per heavy atom. The number of amides is 2. The van der Waals surface area contributed by atoms with Gasteiger partial charge in [0.05, 0.1) is 12.2 Å². The maximum atomic E-state index is 12.9. The van der Waals surface area contributed by atoms with Crippen LogP contribution in [0.1, 0.15) is 17.0 Å². The molecule has 0 aliphatic heterocycles. The van der Waals surface area contributed by atoms with Gasteiger partial charge in [0.15, 0.2) is 6.61 Å². The SMILES string of the molecule is Cc1nn(C)c(C)c1/C=C/C(=O)OCC(=O)N(C)CC(=O)Nc1ccc(F)cc1. The van der Waals surface area contributed by atoms with Gasteiger partial charge in [-0.2, -0.15) is 5.10 Å². The van der Waals surface area contributed by atoms with Gasteiger partial charge in [-0.05, 0) is 44.2 Å². The number of hydrogen-bond donors (Lipinski definition) is 1. The summed E-state index contributed by atoms with van der Waals surface area (Å²) >= 11 is 0. The van der Waals surface area contributed by atoms with Gasteiger partial charge in [0.2, 0.25) is 5.91 Å². The highest BCUT2D eigenvalue weighted by atomic mass is 19.1. The van der Waals surface area contributed by atoms with E-state index in [-0.39, 0.29) is 6.54 Å². The van der Waals surface area contributed by atoms with Crippen molar-refractivity contribution in [2.75, 3.05) is 25.5 Å². The second-order valence-corrected chi connectivity index (χ2v) is 6.45. The second kappa shape index (κ2) is 9.63. The Labute approximate surface area is 167 Å². The molecule has 1 aromatic carbocycles. The molecule has 0 aliphatic rings. The lowest BCUT2D eigenvalue weighted by Crippen LogP contribution is -2.37. The number of anilines is 1. The molecule has 1 N–H and O–H groups in total. The summed E-state index contributed by atoms with van der Waals surface area (Å²) in [5.41, 5.74) is 2.90. The number of rotatable bonds is 7. The van der Waals surface area contributed by atoms with Gasteiger partial charge in [-0.15, -0.1) is 0 Å². The van der Waals surface area contributed by atoms with Gasteiger partial charge in [-0.25, -0.2) is 9.18 Å². The number of likely N-dealkylation sites (N-methyl/N-ethyl adjacent to an activating group) is 1. The summed E-state index contributed by atoms with van der Waals surface area (Å²) in [5, 5.41) is 6.79. The Balaban J connectivity index is 1.80. The first-order valence-corrected chi connectivity index (χ1v) is 8.81. The van der Waals surface area contributed by atoms with E-state index in [9.17, 15) is 18.8 Å². The molecule has 0 fully saturated rings. The van der Waals surface area contributed by atoms with Crippen LogP contribution in [0.15, 0.2) is 30.3 Å². The fraction of sp³-hybridized carbons (Fsp3) is 0.300. The Kier molecular flexibility index (Phi) is 7.24. The first kappa shape index (κ1) is 21.8. The Morgan fingerprint density at radius 1 is 1.24 bits per heavy atom. The average molecular weight is 402 g/mol. The zero-order valence-corrected chi connectivity index (χ0v) is 16.7. The van der Waals surface area contributed by atoms with Crippen LogP contribution in [0.4, 0.5) is 10.1 Å². The first-order valence-electron chi connectivity index (χ1n) is 8.81. The summed E-state index contributed by atoms with van der Waals surface area (Å²) in [5.74, 6) is -2.08. The Morgan fingerprint density at radius 3 is 2.48 bits per heavy atom. The van der Waals surface area contributed by atoms with Crippen molar-refractivity contribution < 1.29 is 23.5 Å². The molecular formula is C20H23FN4O4. The third-order valence-electron chi connectivity index (χ3n) is 4.22. The van der Waals surface area contributed by atoms with Crippen LogP contribution in [-0.2, 0) is 26.2 Å². The van der Waals surface area contributed by atoms with Gasteiger partial charge in [-0.1, -0.05) is 0 Å². The van der Waals surface area contributed by atoms with Crippen LogP contribution in [0, 0.1) is 19.7 Å². The lowest BCUT2D eigenvalue weighted by Gasteiger charge is -2.16. The molecule has 2 rings (SSSR count). The van der Waals surface area contributed by atoms with E-state index in [0.29, 0.717) is 5.69 Å². The fourth-order valence-electron chi connectivity index (χ4n) is 2.51. The van der Waals surface area contributed by atoms with E-state index in [1.807, 2.05) is 13.8 Å². The largest absolute Gasteiger partial charge is 0.452 e. The highest BCUT2D eigenvalue weighted by Gasteiger charge is 2.15. The first-order chi connectivity index (χ1) is 13.7. The van der Waals surface area contributed by atoms with Crippen LogP contribution in [0.5, 0.6) is 0 Å². The molecule has 154 valence electrons. The third-order valence-corrected chi connectivity index (χ3v) is 4.22. The maximum Gasteiger partial charge on any atom is 0.331 e. The number of hydrogen-bond acceptors (Lipinski definition) is 5. The van der Waals surface area contributed by atoms with Crippen LogP contribution < -0.4 is 5.32 Å². The van der Waals surface area contributed by atoms with Crippen molar-refractivity contribution in [3.63, 3.8) is 0 Å². The minimum absolute atomic E-state index is 0.238. The Hall–Kier alpha value is -3.49. The van der Waals surface area contributed by atoms with Gasteiger partial charge >= 0.3 is 5.97 Å². The molecule has 0 spiro atoms. The summed E-state index contributed by atoms with van der Waals surface area (Å²) < 4.78 is 19.5. The van der Waals surface area contributed by atoms with Crippen LogP contribution in [-0.4, -0.2) is 52.7 Å². The number of esters is 1. The van der Waals surface area contributed by atoms with E-state index in [1.54, 1.807) is 17.8 Å². The van der Waals surface area contributed by atoms with Gasteiger partial charge in [0, 0.05) is 37.1 Å². The third kappa shape index (κ3) is 6.27. The minimum Gasteiger partial charge on any atom is -0.452 e. The number of carbonyl (C=O) groups excluding carboxylic acids is 3. The number of halogens is 1. The number of benzene rings is 1. The number of nitrogens with zero attached hydrogens (tertiary/aromatic N) is 3. The topological polar surface area (TPSA) is 93.5 Å². The molecule has 2 aromatic rings. The van der Waals surface area contributed by atoms with E-state index in [4.69, 9.17) is 4.74 Å². The molecule has 9 heteroatoms. The molecule has 1 heterocycles. The quantitative estimate of drug-likeness (QED) is 0.563. The van der Waals surface area contributed by atoms with E-state index in [0.717, 1.165) is 21.9 Å².